The highest BCUT2D eigenvalue weighted by molar-refractivity contribution is 8.54. The van der Waals surface area contributed by atoms with Gasteiger partial charge in [-0.15, -0.1) is 0 Å². The first-order chi connectivity index (χ1) is 4.67. The molecule has 7 heteroatoms. The molecule has 0 saturated carbocycles. The van der Waals surface area contributed by atoms with Crippen LogP contribution in [0.15, 0.2) is 11.0 Å². The molecule has 0 amide bonds. The fourth-order valence-electron chi connectivity index (χ4n) is 0.412. The van der Waals surface area contributed by atoms with Crippen LogP contribution in [0.25, 0.3) is 0 Å². The number of hydrogen-bond acceptors (Lipinski definition) is 2. The molecule has 0 aromatic carbocycles. The minimum Gasteiger partial charge on any atom is -0.309 e. The molecule has 0 radical (unpaired) electrons. The maximum atomic E-state index is 10.8. The fraction of sp³-hybridized carbons (Fsp3) is 0.500. The van der Waals surface area contributed by atoms with E-state index in [0.717, 1.165) is 0 Å². The summed E-state index contributed by atoms with van der Waals surface area (Å²) in [5.41, 5.74) is 0.402. The van der Waals surface area contributed by atoms with Gasteiger partial charge in [0.05, 0.1) is 0 Å². The highest BCUT2D eigenvalue weighted by Crippen LogP contribution is 2.48. The van der Waals surface area contributed by atoms with E-state index in [4.69, 9.17) is 14.3 Å². The van der Waals surface area contributed by atoms with E-state index >= 15 is 0 Å². The van der Waals surface area contributed by atoms with Crippen molar-refractivity contribution >= 4 is 16.6 Å². The molecule has 0 aliphatic carbocycles. The molecule has 0 atom stereocenters. The lowest BCUT2D eigenvalue weighted by Gasteiger charge is -2.19. The Morgan fingerprint density at radius 2 is 1.82 bits per heavy atom. The van der Waals surface area contributed by atoms with Crippen molar-refractivity contribution in [1.29, 1.82) is 0 Å². The van der Waals surface area contributed by atoms with Crippen molar-refractivity contribution in [3.8, 4) is 0 Å². The van der Waals surface area contributed by atoms with Crippen LogP contribution in [0.5, 0.6) is 0 Å². The Morgan fingerprint density at radius 1 is 1.45 bits per heavy atom. The van der Waals surface area contributed by atoms with Gasteiger partial charge in [0.25, 0.3) is 0 Å². The third-order valence-corrected chi connectivity index (χ3v) is 4.99. The smallest absolute Gasteiger partial charge is 0.309 e. The molecular formula is C4H11O5PS. The van der Waals surface area contributed by atoms with Crippen LogP contribution in [0, 0.1) is 0 Å². The zero-order valence-corrected chi connectivity index (χ0v) is 7.92. The summed E-state index contributed by atoms with van der Waals surface area (Å²) in [7, 11) is -4.43. The second kappa shape index (κ2) is 3.16. The van der Waals surface area contributed by atoms with Crippen LogP contribution in [-0.4, -0.2) is 18.5 Å². The second-order valence-electron chi connectivity index (χ2n) is 2.31. The molecule has 5 nitrogen and oxygen atoms in total. The Bertz CT molecular complexity index is 260. The van der Waals surface area contributed by atoms with Gasteiger partial charge in [-0.3, -0.25) is 4.55 Å². The van der Waals surface area contributed by atoms with Crippen molar-refractivity contribution in [2.45, 2.75) is 13.8 Å². The maximum absolute atomic E-state index is 10.8. The van der Waals surface area contributed by atoms with E-state index in [2.05, 4.69) is 0 Å². The molecule has 0 heterocycles. The van der Waals surface area contributed by atoms with Gasteiger partial charge in [-0.05, 0) is 13.8 Å². The van der Waals surface area contributed by atoms with Crippen molar-refractivity contribution < 1.29 is 23.1 Å². The van der Waals surface area contributed by atoms with E-state index in [1.807, 2.05) is 0 Å². The summed E-state index contributed by atoms with van der Waals surface area (Å²) >= 11 is 0. The predicted octanol–water partition coefficient (Wildman–Crippen LogP) is 0.492. The fourth-order valence-corrected chi connectivity index (χ4v) is 2.38. The van der Waals surface area contributed by atoms with Crippen LogP contribution < -0.4 is 0 Å². The van der Waals surface area contributed by atoms with E-state index in [1.165, 1.54) is 13.8 Å². The molecule has 0 aromatic heterocycles. The van der Waals surface area contributed by atoms with Gasteiger partial charge >= 0.3 is 6.80 Å². The summed E-state index contributed by atoms with van der Waals surface area (Å²) in [6.45, 7) is -1.92. The highest BCUT2D eigenvalue weighted by atomic mass is 32.8. The quantitative estimate of drug-likeness (QED) is 0.386. The zero-order chi connectivity index (χ0) is 9.28. The summed E-state index contributed by atoms with van der Waals surface area (Å²) in [5, 5.41) is 0.702. The van der Waals surface area contributed by atoms with Gasteiger partial charge in [0.2, 0.25) is 0 Å². The lowest BCUT2D eigenvalue weighted by Crippen LogP contribution is -2.06. The number of allylic oxidation sites excluding steroid dienone is 1. The molecule has 0 spiro atoms. The molecule has 0 aliphatic rings. The molecule has 0 fully saturated rings. The van der Waals surface area contributed by atoms with Gasteiger partial charge in [-0.2, -0.15) is 4.21 Å². The Balaban J connectivity index is 4.94. The van der Waals surface area contributed by atoms with Gasteiger partial charge in [-0.25, -0.2) is 4.57 Å². The van der Waals surface area contributed by atoms with Gasteiger partial charge in [0, 0.05) is 5.41 Å². The van der Waals surface area contributed by atoms with Crippen LogP contribution in [0.2, 0.25) is 0 Å². The largest absolute Gasteiger partial charge is 0.437 e. The first-order valence-corrected chi connectivity index (χ1v) is 6.76. The van der Waals surface area contributed by atoms with Crippen molar-refractivity contribution in [1.82, 2.24) is 0 Å². The topological polar surface area (TPSA) is 94.8 Å². The van der Waals surface area contributed by atoms with Crippen molar-refractivity contribution in [3.05, 3.63) is 11.0 Å². The Morgan fingerprint density at radius 3 is 1.91 bits per heavy atom. The third kappa shape index (κ3) is 3.27. The van der Waals surface area contributed by atoms with E-state index in [-0.39, 0.29) is 0 Å². The Hall–Kier alpha value is -0.0000000000000000971. The maximum Gasteiger partial charge on any atom is 0.437 e. The monoisotopic (exact) mass is 202 g/mol. The minimum atomic E-state index is -4.89. The zero-order valence-electron chi connectivity index (χ0n) is 6.13. The number of thiol groups is 1. The Labute approximate surface area is 65.3 Å². The van der Waals surface area contributed by atoms with Crippen LogP contribution in [0.4, 0.5) is 0 Å². The lowest BCUT2D eigenvalue weighted by molar-refractivity contribution is 0.386. The average molecular weight is 202 g/mol. The summed E-state index contributed by atoms with van der Waals surface area (Å²) in [6, 6.07) is 0. The molecular weight excluding hydrogens is 191 g/mol. The first-order valence-electron chi connectivity index (χ1n) is 2.71. The van der Waals surface area contributed by atoms with E-state index < -0.39 is 16.6 Å². The highest BCUT2D eigenvalue weighted by Gasteiger charge is 2.25. The minimum absolute atomic E-state index is 0.402. The molecule has 11 heavy (non-hydrogen) atoms. The molecule has 3 N–H and O–H groups in total. The van der Waals surface area contributed by atoms with Crippen LogP contribution in [0.3, 0.4) is 0 Å². The van der Waals surface area contributed by atoms with E-state index in [0.29, 0.717) is 11.0 Å². The molecule has 68 valence electrons. The van der Waals surface area contributed by atoms with Crippen LogP contribution in [0.1, 0.15) is 13.8 Å². The molecule has 0 aromatic rings. The normalized spacial score (nSPS) is 14.3. The van der Waals surface area contributed by atoms with Crippen LogP contribution in [-0.2, 0) is 14.4 Å². The van der Waals surface area contributed by atoms with E-state index in [1.54, 1.807) is 0 Å². The first kappa shape index (κ1) is 11.0. The SMILES string of the molecule is CC(C)=C[SH](=O)(O)P(=O)(O)O. The predicted molar refractivity (Wildman–Crippen MR) is 43.6 cm³/mol. The molecule has 0 saturated heterocycles. The van der Waals surface area contributed by atoms with Crippen LogP contribution >= 0.6 is 6.80 Å². The average Bonchev–Trinajstić information content (AvgIpc) is 1.56. The van der Waals surface area contributed by atoms with Crippen molar-refractivity contribution in [2.24, 2.45) is 0 Å². The lowest BCUT2D eigenvalue weighted by atomic mass is 10.4. The standard InChI is InChI=1S/C4H11O5PS/c1-4(2)3-11(8,9)10(5,6)7/h3,11H,1-2H3,(H,8,9)(H2,5,6,7). The van der Waals surface area contributed by atoms with Gasteiger partial charge in [-0.1, -0.05) is 15.4 Å². The van der Waals surface area contributed by atoms with E-state index in [9.17, 15) is 8.77 Å². The van der Waals surface area contributed by atoms with Crippen molar-refractivity contribution in [2.75, 3.05) is 0 Å². The number of hydrogen-bond donors (Lipinski definition) is 4. The van der Waals surface area contributed by atoms with Crippen molar-refractivity contribution in [3.63, 3.8) is 0 Å². The van der Waals surface area contributed by atoms with Gasteiger partial charge in [0.15, 0.2) is 0 Å². The van der Waals surface area contributed by atoms with Gasteiger partial charge in [0.1, 0.15) is 0 Å². The molecule has 0 rings (SSSR count). The third-order valence-electron chi connectivity index (χ3n) is 0.800. The molecule has 0 unspecified atom stereocenters. The molecule has 0 aliphatic heterocycles. The van der Waals surface area contributed by atoms with Gasteiger partial charge < -0.3 is 9.79 Å². The summed E-state index contributed by atoms with van der Waals surface area (Å²) in [6.07, 6.45) is 0. The Kier molecular flexibility index (Phi) is 3.16. The summed E-state index contributed by atoms with van der Waals surface area (Å²) in [5.74, 6) is 0. The molecule has 0 bridgehead atoms. The number of rotatable bonds is 2. The summed E-state index contributed by atoms with van der Waals surface area (Å²) < 4.78 is 29.8. The second-order valence-corrected chi connectivity index (χ2v) is 8.05. The summed E-state index contributed by atoms with van der Waals surface area (Å²) in [4.78, 5) is 16.7.